The summed E-state index contributed by atoms with van der Waals surface area (Å²) in [4.78, 5) is 12.8. The minimum atomic E-state index is -0.159. The van der Waals surface area contributed by atoms with Gasteiger partial charge in [-0.25, -0.2) is 4.57 Å². The molecule has 0 N–H and O–H groups in total. The molecule has 0 saturated heterocycles. The maximum absolute atomic E-state index is 12.6. The Kier molecular flexibility index (Phi) is 2.80. The highest BCUT2D eigenvalue weighted by molar-refractivity contribution is 7.71. The van der Waals surface area contributed by atoms with Crippen LogP contribution in [0.1, 0.15) is 15.9 Å². The Morgan fingerprint density at radius 1 is 1.11 bits per heavy atom. The van der Waals surface area contributed by atoms with Gasteiger partial charge in [-0.2, -0.15) is 0 Å². The van der Waals surface area contributed by atoms with Gasteiger partial charge < -0.3 is 4.42 Å². The standard InChI is InChI=1S/C15H11NO2S/c1-10-6-2-3-7-11(10)14(17)16-12-8-4-5-9-13(12)18-15(16)19/h2-9H,1H3. The van der Waals surface area contributed by atoms with E-state index >= 15 is 0 Å². The molecule has 0 radical (unpaired) electrons. The minimum Gasteiger partial charge on any atom is -0.429 e. The van der Waals surface area contributed by atoms with Crippen LogP contribution in [0.4, 0.5) is 0 Å². The lowest BCUT2D eigenvalue weighted by atomic mass is 10.1. The van der Waals surface area contributed by atoms with E-state index in [9.17, 15) is 4.79 Å². The number of nitrogens with zero attached hydrogens (tertiary/aromatic N) is 1. The van der Waals surface area contributed by atoms with Crippen molar-refractivity contribution in [1.29, 1.82) is 0 Å². The molecule has 0 aliphatic carbocycles. The fourth-order valence-electron chi connectivity index (χ4n) is 2.09. The summed E-state index contributed by atoms with van der Waals surface area (Å²) < 4.78 is 6.88. The molecule has 4 heteroatoms. The zero-order valence-corrected chi connectivity index (χ0v) is 11.1. The predicted molar refractivity (Wildman–Crippen MR) is 75.9 cm³/mol. The number of para-hydroxylation sites is 2. The third-order valence-electron chi connectivity index (χ3n) is 3.06. The Hall–Kier alpha value is -2.20. The quantitative estimate of drug-likeness (QED) is 0.627. The average molecular weight is 269 g/mol. The van der Waals surface area contributed by atoms with Crippen LogP contribution in [0.5, 0.6) is 0 Å². The molecule has 94 valence electrons. The van der Waals surface area contributed by atoms with Crippen LogP contribution in [-0.4, -0.2) is 10.5 Å². The van der Waals surface area contributed by atoms with Crippen LogP contribution in [0.2, 0.25) is 0 Å². The van der Waals surface area contributed by atoms with Gasteiger partial charge in [-0.3, -0.25) is 4.79 Å². The number of hydrogen-bond acceptors (Lipinski definition) is 3. The van der Waals surface area contributed by atoms with Gasteiger partial charge in [0, 0.05) is 5.56 Å². The first-order valence-electron chi connectivity index (χ1n) is 5.89. The molecule has 0 atom stereocenters. The average Bonchev–Trinajstić information content (AvgIpc) is 2.74. The Morgan fingerprint density at radius 3 is 2.58 bits per heavy atom. The summed E-state index contributed by atoms with van der Waals surface area (Å²) in [7, 11) is 0. The van der Waals surface area contributed by atoms with E-state index in [1.54, 1.807) is 12.1 Å². The normalized spacial score (nSPS) is 10.8. The van der Waals surface area contributed by atoms with E-state index in [1.807, 2.05) is 43.3 Å². The Balaban J connectivity index is 2.26. The molecule has 0 spiro atoms. The van der Waals surface area contributed by atoms with Gasteiger partial charge in [0.25, 0.3) is 10.7 Å². The maximum atomic E-state index is 12.6. The van der Waals surface area contributed by atoms with Gasteiger partial charge in [0.2, 0.25) is 0 Å². The summed E-state index contributed by atoms with van der Waals surface area (Å²) in [6.07, 6.45) is 0. The number of rotatable bonds is 1. The Labute approximate surface area is 115 Å². The smallest absolute Gasteiger partial charge is 0.276 e. The van der Waals surface area contributed by atoms with E-state index in [0.717, 1.165) is 5.56 Å². The van der Waals surface area contributed by atoms with Crippen molar-refractivity contribution in [3.8, 4) is 0 Å². The molecule has 0 amide bonds. The maximum Gasteiger partial charge on any atom is 0.276 e. The number of carbonyl (C=O) groups excluding carboxylic acids is 1. The molecule has 2 aromatic carbocycles. The molecule has 3 nitrogen and oxygen atoms in total. The summed E-state index contributed by atoms with van der Waals surface area (Å²) in [5.74, 6) is -0.159. The lowest BCUT2D eigenvalue weighted by molar-refractivity contribution is 0.0959. The molecule has 3 aromatic rings. The highest BCUT2D eigenvalue weighted by Crippen LogP contribution is 2.19. The van der Waals surface area contributed by atoms with E-state index in [1.165, 1.54) is 4.57 Å². The van der Waals surface area contributed by atoms with E-state index in [4.69, 9.17) is 16.6 Å². The molecule has 1 heterocycles. The molecule has 0 fully saturated rings. The van der Waals surface area contributed by atoms with Crippen LogP contribution in [0.25, 0.3) is 11.1 Å². The number of hydrogen-bond donors (Lipinski definition) is 0. The summed E-state index contributed by atoms with van der Waals surface area (Å²) in [5, 5.41) is 0. The zero-order valence-electron chi connectivity index (χ0n) is 10.3. The topological polar surface area (TPSA) is 35.1 Å². The second-order valence-corrected chi connectivity index (χ2v) is 4.64. The van der Waals surface area contributed by atoms with Crippen LogP contribution in [0, 0.1) is 11.8 Å². The molecular weight excluding hydrogens is 258 g/mol. The summed E-state index contributed by atoms with van der Waals surface area (Å²) >= 11 is 5.15. The molecule has 0 bridgehead atoms. The predicted octanol–water partition coefficient (Wildman–Crippen LogP) is 3.96. The minimum absolute atomic E-state index is 0.159. The van der Waals surface area contributed by atoms with Gasteiger partial charge in [0.1, 0.15) is 0 Å². The second kappa shape index (κ2) is 4.48. The van der Waals surface area contributed by atoms with Crippen molar-refractivity contribution >= 4 is 29.2 Å². The van der Waals surface area contributed by atoms with Gasteiger partial charge in [0.15, 0.2) is 5.58 Å². The molecule has 19 heavy (non-hydrogen) atoms. The first-order chi connectivity index (χ1) is 9.18. The lowest BCUT2D eigenvalue weighted by Crippen LogP contribution is -2.13. The van der Waals surface area contributed by atoms with E-state index in [-0.39, 0.29) is 10.7 Å². The Bertz CT molecular complexity index is 829. The van der Waals surface area contributed by atoms with Crippen molar-refractivity contribution in [3.63, 3.8) is 0 Å². The van der Waals surface area contributed by atoms with Crippen LogP contribution in [0.15, 0.2) is 52.9 Å². The van der Waals surface area contributed by atoms with E-state index in [2.05, 4.69) is 0 Å². The first-order valence-corrected chi connectivity index (χ1v) is 6.30. The van der Waals surface area contributed by atoms with E-state index in [0.29, 0.717) is 16.7 Å². The summed E-state index contributed by atoms with van der Waals surface area (Å²) in [5.41, 5.74) is 2.86. The molecule has 3 rings (SSSR count). The number of aryl methyl sites for hydroxylation is 1. The Morgan fingerprint density at radius 2 is 1.79 bits per heavy atom. The lowest BCUT2D eigenvalue weighted by Gasteiger charge is -2.05. The molecule has 0 saturated carbocycles. The fraction of sp³-hybridized carbons (Fsp3) is 0.0667. The van der Waals surface area contributed by atoms with Crippen LogP contribution in [0.3, 0.4) is 0 Å². The summed E-state index contributed by atoms with van der Waals surface area (Å²) in [6, 6.07) is 14.8. The van der Waals surface area contributed by atoms with Crippen molar-refractivity contribution in [2.75, 3.05) is 0 Å². The van der Waals surface area contributed by atoms with Crippen molar-refractivity contribution in [1.82, 2.24) is 4.57 Å². The molecule has 0 aliphatic rings. The third kappa shape index (κ3) is 1.90. The van der Waals surface area contributed by atoms with Crippen molar-refractivity contribution in [2.45, 2.75) is 6.92 Å². The number of carbonyl (C=O) groups is 1. The van der Waals surface area contributed by atoms with Crippen molar-refractivity contribution < 1.29 is 9.21 Å². The van der Waals surface area contributed by atoms with Gasteiger partial charge in [-0.1, -0.05) is 30.3 Å². The van der Waals surface area contributed by atoms with Crippen LogP contribution in [-0.2, 0) is 0 Å². The highest BCUT2D eigenvalue weighted by atomic mass is 32.1. The number of benzene rings is 2. The number of oxazole rings is 1. The van der Waals surface area contributed by atoms with E-state index < -0.39 is 0 Å². The number of fused-ring (bicyclic) bond motifs is 1. The van der Waals surface area contributed by atoms with Gasteiger partial charge in [0.05, 0.1) is 5.52 Å². The second-order valence-electron chi connectivity index (χ2n) is 4.29. The van der Waals surface area contributed by atoms with Gasteiger partial charge >= 0.3 is 0 Å². The van der Waals surface area contributed by atoms with Crippen molar-refractivity contribution in [2.24, 2.45) is 0 Å². The van der Waals surface area contributed by atoms with Crippen molar-refractivity contribution in [3.05, 3.63) is 64.5 Å². The molecular formula is C15H11NO2S. The van der Waals surface area contributed by atoms with Gasteiger partial charge in [-0.05, 0) is 42.9 Å². The largest absolute Gasteiger partial charge is 0.429 e. The number of aromatic nitrogens is 1. The van der Waals surface area contributed by atoms with Gasteiger partial charge in [-0.15, -0.1) is 0 Å². The van der Waals surface area contributed by atoms with Crippen LogP contribution >= 0.6 is 12.2 Å². The molecule has 1 aromatic heterocycles. The SMILES string of the molecule is Cc1ccccc1C(=O)n1c(=S)oc2ccccc21. The fourth-order valence-corrected chi connectivity index (χ4v) is 2.36. The zero-order chi connectivity index (χ0) is 13.4. The molecule has 0 unspecified atom stereocenters. The third-order valence-corrected chi connectivity index (χ3v) is 3.33. The molecule has 0 aliphatic heterocycles. The first kappa shape index (κ1) is 11.9. The van der Waals surface area contributed by atoms with Crippen LogP contribution < -0.4 is 0 Å². The monoisotopic (exact) mass is 269 g/mol. The summed E-state index contributed by atoms with van der Waals surface area (Å²) in [6.45, 7) is 1.90. The highest BCUT2D eigenvalue weighted by Gasteiger charge is 2.16.